The highest BCUT2D eigenvalue weighted by Crippen LogP contribution is 2.36. The number of phenols is 1. The summed E-state index contributed by atoms with van der Waals surface area (Å²) in [5.74, 6) is -1.29. The Morgan fingerprint density at radius 3 is 2.39 bits per heavy atom. The lowest BCUT2D eigenvalue weighted by atomic mass is 10.2. The van der Waals surface area contributed by atoms with E-state index in [1.165, 1.54) is 6.92 Å². The highest BCUT2D eigenvalue weighted by molar-refractivity contribution is 7.91. The van der Waals surface area contributed by atoms with Crippen molar-refractivity contribution in [3.63, 3.8) is 0 Å². The summed E-state index contributed by atoms with van der Waals surface area (Å²) >= 11 is 5.97. The van der Waals surface area contributed by atoms with Gasteiger partial charge < -0.3 is 26.0 Å². The molecule has 2 aromatic carbocycles. The van der Waals surface area contributed by atoms with Gasteiger partial charge in [-0.1, -0.05) is 18.5 Å². The second-order valence-corrected chi connectivity index (χ2v) is 9.34. The number of amides is 3. The molecule has 9 nitrogen and oxygen atoms in total. The Bertz CT molecular complexity index is 1270. The zero-order valence-corrected chi connectivity index (χ0v) is 18.3. The molecule has 164 valence electrons. The molecule has 3 amide bonds. The lowest BCUT2D eigenvalue weighted by molar-refractivity contribution is 0.102. The average Bonchev–Trinajstić information content (AvgIpc) is 3.14. The van der Waals surface area contributed by atoms with Gasteiger partial charge in [0.05, 0.1) is 22.0 Å². The Kier molecular flexibility index (Phi) is 6.42. The van der Waals surface area contributed by atoms with Gasteiger partial charge in [-0.2, -0.15) is 0 Å². The molecular formula is C20H21ClN4O5S. The standard InChI is InChI=1S/C20H21ClN4O5S/c1-3-22-20(28)25-16-10-13(31(29,30)4-2)9-15(18(16)26)24-19(27)17-8-11-7-12(21)5-6-14(11)23-17/h5-10,23,26H,3-4H2,1-2H3,(H,24,27)(H2,22,25,28). The topological polar surface area (TPSA) is 140 Å². The van der Waals surface area contributed by atoms with Crippen molar-refractivity contribution in [3.8, 4) is 5.75 Å². The molecule has 31 heavy (non-hydrogen) atoms. The molecule has 0 saturated carbocycles. The lowest BCUT2D eigenvalue weighted by Crippen LogP contribution is -2.28. The molecular weight excluding hydrogens is 444 g/mol. The predicted octanol–water partition coefficient (Wildman–Crippen LogP) is 3.71. The predicted molar refractivity (Wildman–Crippen MR) is 120 cm³/mol. The van der Waals surface area contributed by atoms with E-state index in [2.05, 4.69) is 20.9 Å². The van der Waals surface area contributed by atoms with Gasteiger partial charge >= 0.3 is 6.03 Å². The monoisotopic (exact) mass is 464 g/mol. The number of hydrogen-bond donors (Lipinski definition) is 5. The summed E-state index contributed by atoms with van der Waals surface area (Å²) in [6.45, 7) is 3.50. The number of H-pyrrole nitrogens is 1. The molecule has 0 aliphatic carbocycles. The number of aromatic hydroxyl groups is 1. The molecule has 0 aliphatic rings. The van der Waals surface area contributed by atoms with Crippen LogP contribution in [0.25, 0.3) is 10.9 Å². The zero-order chi connectivity index (χ0) is 22.8. The third-order valence-corrected chi connectivity index (χ3v) is 6.43. The smallest absolute Gasteiger partial charge is 0.319 e. The molecule has 0 aliphatic heterocycles. The summed E-state index contributed by atoms with van der Waals surface area (Å²) in [6.07, 6.45) is 0. The Balaban J connectivity index is 2.00. The van der Waals surface area contributed by atoms with Crippen LogP contribution in [-0.2, 0) is 9.84 Å². The molecule has 0 unspecified atom stereocenters. The molecule has 1 heterocycles. The van der Waals surface area contributed by atoms with Crippen molar-refractivity contribution in [3.05, 3.63) is 47.1 Å². The molecule has 0 atom stereocenters. The maximum Gasteiger partial charge on any atom is 0.319 e. The van der Waals surface area contributed by atoms with Crippen molar-refractivity contribution in [2.24, 2.45) is 0 Å². The van der Waals surface area contributed by atoms with Crippen molar-refractivity contribution < 1.29 is 23.1 Å². The summed E-state index contributed by atoms with van der Waals surface area (Å²) in [6, 6.07) is 8.31. The van der Waals surface area contributed by atoms with Crippen molar-refractivity contribution in [1.82, 2.24) is 10.3 Å². The van der Waals surface area contributed by atoms with E-state index in [4.69, 9.17) is 11.6 Å². The molecule has 0 fully saturated rings. The number of aromatic nitrogens is 1. The van der Waals surface area contributed by atoms with E-state index >= 15 is 0 Å². The first-order valence-electron chi connectivity index (χ1n) is 9.38. The van der Waals surface area contributed by atoms with Crippen molar-refractivity contribution in [2.45, 2.75) is 18.7 Å². The maximum atomic E-state index is 12.8. The van der Waals surface area contributed by atoms with Crippen LogP contribution in [0.5, 0.6) is 5.75 Å². The van der Waals surface area contributed by atoms with Gasteiger partial charge in [-0.15, -0.1) is 0 Å². The van der Waals surface area contributed by atoms with E-state index < -0.39 is 27.5 Å². The molecule has 3 rings (SSSR count). The summed E-state index contributed by atoms with van der Waals surface area (Å²) in [5.41, 5.74) is 0.542. The van der Waals surface area contributed by atoms with Crippen LogP contribution >= 0.6 is 11.6 Å². The van der Waals surface area contributed by atoms with Gasteiger partial charge in [0.25, 0.3) is 5.91 Å². The Morgan fingerprint density at radius 2 is 1.74 bits per heavy atom. The zero-order valence-electron chi connectivity index (χ0n) is 16.7. The van der Waals surface area contributed by atoms with Crippen molar-refractivity contribution >= 4 is 55.7 Å². The van der Waals surface area contributed by atoms with Crippen LogP contribution in [0.15, 0.2) is 41.3 Å². The third kappa shape index (κ3) is 4.92. The van der Waals surface area contributed by atoms with E-state index in [9.17, 15) is 23.1 Å². The number of hydrogen-bond acceptors (Lipinski definition) is 5. The molecule has 0 saturated heterocycles. The lowest BCUT2D eigenvalue weighted by Gasteiger charge is -2.14. The van der Waals surface area contributed by atoms with E-state index in [0.29, 0.717) is 22.5 Å². The van der Waals surface area contributed by atoms with Crippen molar-refractivity contribution in [1.29, 1.82) is 0 Å². The molecule has 0 bridgehead atoms. The van der Waals surface area contributed by atoms with Gasteiger partial charge in [0.1, 0.15) is 5.69 Å². The number of aromatic amines is 1. The van der Waals surface area contributed by atoms with E-state index in [1.807, 2.05) is 0 Å². The van der Waals surface area contributed by atoms with Crippen LogP contribution in [-0.4, -0.2) is 42.7 Å². The summed E-state index contributed by atoms with van der Waals surface area (Å²) in [7, 11) is -3.69. The normalized spacial score (nSPS) is 11.3. The number of halogens is 1. The van der Waals surface area contributed by atoms with Gasteiger partial charge in [-0.05, 0) is 43.3 Å². The number of anilines is 2. The van der Waals surface area contributed by atoms with E-state index in [1.54, 1.807) is 31.2 Å². The highest BCUT2D eigenvalue weighted by Gasteiger charge is 2.21. The molecule has 3 aromatic rings. The first-order valence-corrected chi connectivity index (χ1v) is 11.4. The second-order valence-electron chi connectivity index (χ2n) is 6.62. The first-order chi connectivity index (χ1) is 14.6. The Morgan fingerprint density at radius 1 is 1.06 bits per heavy atom. The van der Waals surface area contributed by atoms with Crippen LogP contribution in [0.2, 0.25) is 5.02 Å². The maximum absolute atomic E-state index is 12.8. The number of phenolic OH excluding ortho intramolecular Hbond substituents is 1. The fraction of sp³-hybridized carbons (Fsp3) is 0.200. The van der Waals surface area contributed by atoms with Gasteiger partial charge in [-0.3, -0.25) is 4.79 Å². The van der Waals surface area contributed by atoms with E-state index in [-0.39, 0.29) is 27.7 Å². The minimum Gasteiger partial charge on any atom is -0.504 e. The quantitative estimate of drug-likeness (QED) is 0.353. The number of fused-ring (bicyclic) bond motifs is 1. The third-order valence-electron chi connectivity index (χ3n) is 4.48. The van der Waals surface area contributed by atoms with E-state index in [0.717, 1.165) is 12.1 Å². The van der Waals surface area contributed by atoms with Crippen molar-refractivity contribution in [2.75, 3.05) is 22.9 Å². The van der Waals surface area contributed by atoms with Crippen LogP contribution in [0.4, 0.5) is 16.2 Å². The van der Waals surface area contributed by atoms with Crippen LogP contribution in [0.1, 0.15) is 24.3 Å². The number of carbonyl (C=O) groups is 2. The Hall–Kier alpha value is -3.24. The number of benzene rings is 2. The second kappa shape index (κ2) is 8.86. The van der Waals surface area contributed by atoms with Gasteiger partial charge in [0.15, 0.2) is 15.6 Å². The number of urea groups is 1. The highest BCUT2D eigenvalue weighted by atomic mass is 35.5. The molecule has 0 radical (unpaired) electrons. The van der Waals surface area contributed by atoms with Gasteiger partial charge in [0.2, 0.25) is 0 Å². The van der Waals surface area contributed by atoms with Crippen LogP contribution in [0, 0.1) is 0 Å². The fourth-order valence-corrected chi connectivity index (χ4v) is 4.00. The SMILES string of the molecule is CCNC(=O)Nc1cc(S(=O)(=O)CC)cc(NC(=O)c2cc3cc(Cl)ccc3[nH]2)c1O. The number of rotatable bonds is 6. The minimum absolute atomic E-state index is 0.154. The Labute approximate surface area is 183 Å². The molecule has 0 spiro atoms. The molecule has 1 aromatic heterocycles. The number of carbonyl (C=O) groups excluding carboxylic acids is 2. The van der Waals surface area contributed by atoms with Crippen LogP contribution in [0.3, 0.4) is 0 Å². The first kappa shape index (κ1) is 22.4. The van der Waals surface area contributed by atoms with Crippen LogP contribution < -0.4 is 16.0 Å². The molecule has 5 N–H and O–H groups in total. The minimum atomic E-state index is -3.69. The average molecular weight is 465 g/mol. The largest absolute Gasteiger partial charge is 0.504 e. The fourth-order valence-electron chi connectivity index (χ4n) is 2.89. The number of sulfone groups is 1. The summed E-state index contributed by atoms with van der Waals surface area (Å²) in [4.78, 5) is 27.4. The summed E-state index contributed by atoms with van der Waals surface area (Å²) in [5, 5.41) is 19.2. The van der Waals surface area contributed by atoms with Gasteiger partial charge in [0, 0.05) is 22.5 Å². The molecule has 11 heteroatoms. The summed E-state index contributed by atoms with van der Waals surface area (Å²) < 4.78 is 24.8. The number of nitrogens with one attached hydrogen (secondary N) is 4. The van der Waals surface area contributed by atoms with Gasteiger partial charge in [-0.25, -0.2) is 13.2 Å².